The molecule has 4 rings (SSSR count). The molecule has 0 saturated heterocycles. The highest BCUT2D eigenvalue weighted by molar-refractivity contribution is 9.10. The summed E-state index contributed by atoms with van der Waals surface area (Å²) in [6.07, 6.45) is 3.48. The molecule has 0 unspecified atom stereocenters. The van der Waals surface area contributed by atoms with Crippen LogP contribution in [0.5, 0.6) is 0 Å². The van der Waals surface area contributed by atoms with Gasteiger partial charge in [0.05, 0.1) is 22.1 Å². The van der Waals surface area contributed by atoms with Crippen LogP contribution in [0.4, 0.5) is 11.6 Å². The minimum atomic E-state index is 0.339. The summed E-state index contributed by atoms with van der Waals surface area (Å²) in [6, 6.07) is 21.1. The van der Waals surface area contributed by atoms with E-state index in [-0.39, 0.29) is 0 Å². The van der Waals surface area contributed by atoms with Gasteiger partial charge in [0.25, 0.3) is 0 Å². The Morgan fingerprint density at radius 2 is 1.53 bits per heavy atom. The van der Waals surface area contributed by atoms with Gasteiger partial charge in [0.1, 0.15) is 0 Å². The Kier molecular flexibility index (Phi) is 6.32. The van der Waals surface area contributed by atoms with Gasteiger partial charge in [-0.3, -0.25) is 4.98 Å². The van der Waals surface area contributed by atoms with Gasteiger partial charge in [0.15, 0.2) is 5.11 Å². The Hall–Kier alpha value is -2.87. The molecule has 0 saturated carbocycles. The van der Waals surface area contributed by atoms with Crippen LogP contribution in [0, 0.1) is 0 Å². The number of hydrogen-bond acceptors (Lipinski definition) is 4. The fraction of sp³-hybridized carbons (Fsp3) is 0. The molecule has 8 heteroatoms. The van der Waals surface area contributed by atoms with Crippen molar-refractivity contribution in [2.24, 2.45) is 0 Å². The molecule has 0 aliphatic heterocycles. The maximum absolute atomic E-state index is 6.20. The van der Waals surface area contributed by atoms with Gasteiger partial charge in [-0.05, 0) is 52.4 Å². The fourth-order valence-electron chi connectivity index (χ4n) is 2.78. The van der Waals surface area contributed by atoms with Crippen molar-refractivity contribution in [2.75, 3.05) is 10.6 Å². The van der Waals surface area contributed by atoms with Crippen molar-refractivity contribution in [2.45, 2.75) is 0 Å². The average Bonchev–Trinajstić information content (AvgIpc) is 2.76. The normalized spacial score (nSPS) is 10.5. The fourth-order valence-corrected chi connectivity index (χ4v) is 3.53. The van der Waals surface area contributed by atoms with Crippen molar-refractivity contribution in [3.8, 4) is 22.5 Å². The van der Waals surface area contributed by atoms with E-state index in [1.54, 1.807) is 18.5 Å². The third-order valence-corrected chi connectivity index (χ3v) is 5.11. The first-order valence-electron chi connectivity index (χ1n) is 8.96. The first-order chi connectivity index (χ1) is 14.6. The Bertz CT molecular complexity index is 1200. The molecule has 0 atom stereocenters. The van der Waals surface area contributed by atoms with Crippen molar-refractivity contribution in [1.82, 2.24) is 15.0 Å². The van der Waals surface area contributed by atoms with E-state index in [0.717, 1.165) is 27.0 Å². The first-order valence-corrected chi connectivity index (χ1v) is 10.5. The third-order valence-electron chi connectivity index (χ3n) is 4.14. The summed E-state index contributed by atoms with van der Waals surface area (Å²) in [7, 11) is 0. The largest absolute Gasteiger partial charge is 0.331 e. The molecule has 0 bridgehead atoms. The number of rotatable bonds is 4. The van der Waals surface area contributed by atoms with Crippen LogP contribution in [0.1, 0.15) is 0 Å². The molecular weight excluding hydrogens is 482 g/mol. The lowest BCUT2D eigenvalue weighted by atomic mass is 10.1. The molecular formula is C22H15BrClN5S. The first kappa shape index (κ1) is 20.4. The molecule has 0 aliphatic carbocycles. The molecule has 5 nitrogen and oxygen atoms in total. The Balaban J connectivity index is 1.69. The van der Waals surface area contributed by atoms with Gasteiger partial charge < -0.3 is 10.6 Å². The molecule has 0 radical (unpaired) electrons. The van der Waals surface area contributed by atoms with E-state index < -0.39 is 0 Å². The van der Waals surface area contributed by atoms with Crippen LogP contribution in [0.3, 0.4) is 0 Å². The highest BCUT2D eigenvalue weighted by Gasteiger charge is 2.11. The number of thiocarbonyl (C=S) groups is 1. The Morgan fingerprint density at radius 3 is 2.27 bits per heavy atom. The lowest BCUT2D eigenvalue weighted by Gasteiger charge is -2.13. The lowest BCUT2D eigenvalue weighted by molar-refractivity contribution is 1.17. The van der Waals surface area contributed by atoms with Crippen molar-refractivity contribution in [3.05, 3.63) is 88.6 Å². The SMILES string of the molecule is S=C(Nc1nc(-c2ccccc2)cc(-c2cncc(Br)c2)n1)Nc1ccccc1Cl. The Morgan fingerprint density at radius 1 is 0.833 bits per heavy atom. The highest BCUT2D eigenvalue weighted by Crippen LogP contribution is 2.26. The number of halogens is 2. The molecule has 30 heavy (non-hydrogen) atoms. The van der Waals surface area contributed by atoms with Gasteiger partial charge in [-0.1, -0.05) is 54.1 Å². The van der Waals surface area contributed by atoms with Crippen molar-refractivity contribution in [1.29, 1.82) is 0 Å². The minimum absolute atomic E-state index is 0.339. The van der Waals surface area contributed by atoms with Gasteiger partial charge >= 0.3 is 0 Å². The van der Waals surface area contributed by atoms with E-state index in [0.29, 0.717) is 21.8 Å². The lowest BCUT2D eigenvalue weighted by Crippen LogP contribution is -2.21. The van der Waals surface area contributed by atoms with Gasteiger partial charge in [-0.25, -0.2) is 9.97 Å². The van der Waals surface area contributed by atoms with Gasteiger partial charge in [-0.15, -0.1) is 0 Å². The minimum Gasteiger partial charge on any atom is -0.331 e. The van der Waals surface area contributed by atoms with Crippen molar-refractivity contribution >= 4 is 56.5 Å². The smallest absolute Gasteiger partial charge is 0.230 e. The maximum Gasteiger partial charge on any atom is 0.230 e. The predicted molar refractivity (Wildman–Crippen MR) is 130 cm³/mol. The number of benzene rings is 2. The Labute approximate surface area is 192 Å². The second-order valence-electron chi connectivity index (χ2n) is 6.28. The number of nitrogens with zero attached hydrogens (tertiary/aromatic N) is 3. The summed E-state index contributed by atoms with van der Waals surface area (Å²) < 4.78 is 0.866. The van der Waals surface area contributed by atoms with Crippen LogP contribution >= 0.6 is 39.7 Å². The average molecular weight is 497 g/mol. The highest BCUT2D eigenvalue weighted by atomic mass is 79.9. The number of nitrogens with one attached hydrogen (secondary N) is 2. The second kappa shape index (κ2) is 9.30. The zero-order valence-electron chi connectivity index (χ0n) is 15.5. The van der Waals surface area contributed by atoms with E-state index in [9.17, 15) is 0 Å². The summed E-state index contributed by atoms with van der Waals surface area (Å²) in [6.45, 7) is 0. The number of pyridine rings is 1. The molecule has 0 fully saturated rings. The molecule has 2 N–H and O–H groups in total. The standard InChI is InChI=1S/C22H15BrClN5S/c23-16-10-15(12-25-13-16)20-11-19(14-6-2-1-3-7-14)26-21(27-20)29-22(30)28-18-9-5-4-8-17(18)24/h1-13H,(H2,26,27,28,29,30). The topological polar surface area (TPSA) is 62.7 Å². The van der Waals surface area contributed by atoms with Crippen LogP contribution in [0.25, 0.3) is 22.5 Å². The molecule has 0 aliphatic rings. The van der Waals surface area contributed by atoms with Crippen molar-refractivity contribution in [3.63, 3.8) is 0 Å². The van der Waals surface area contributed by atoms with Crippen LogP contribution in [0.15, 0.2) is 83.6 Å². The summed E-state index contributed by atoms with van der Waals surface area (Å²) >= 11 is 15.1. The number of para-hydroxylation sites is 1. The van der Waals surface area contributed by atoms with Gasteiger partial charge in [0, 0.05) is 28.0 Å². The summed E-state index contributed by atoms with van der Waals surface area (Å²) in [5.74, 6) is 0.371. The predicted octanol–water partition coefficient (Wildman–Crippen LogP) is 6.43. The summed E-state index contributed by atoms with van der Waals surface area (Å²) in [5, 5.41) is 7.04. The zero-order chi connectivity index (χ0) is 20.9. The quantitative estimate of drug-likeness (QED) is 0.317. The number of hydrogen-bond donors (Lipinski definition) is 2. The van der Waals surface area contributed by atoms with E-state index in [1.807, 2.05) is 60.7 Å². The molecule has 0 spiro atoms. The van der Waals surface area contributed by atoms with Crippen LogP contribution in [0.2, 0.25) is 5.02 Å². The molecule has 2 aromatic heterocycles. The van der Waals surface area contributed by atoms with E-state index in [1.165, 1.54) is 0 Å². The van der Waals surface area contributed by atoms with E-state index >= 15 is 0 Å². The second-order valence-corrected chi connectivity index (χ2v) is 8.01. The van der Waals surface area contributed by atoms with Crippen LogP contribution in [-0.2, 0) is 0 Å². The molecule has 2 aromatic carbocycles. The molecule has 0 amide bonds. The maximum atomic E-state index is 6.20. The number of anilines is 2. The van der Waals surface area contributed by atoms with Gasteiger partial charge in [-0.2, -0.15) is 0 Å². The monoisotopic (exact) mass is 495 g/mol. The zero-order valence-corrected chi connectivity index (χ0v) is 18.7. The molecule has 2 heterocycles. The summed E-state index contributed by atoms with van der Waals surface area (Å²) in [4.78, 5) is 13.5. The van der Waals surface area contributed by atoms with Crippen molar-refractivity contribution < 1.29 is 0 Å². The number of aromatic nitrogens is 3. The van der Waals surface area contributed by atoms with Crippen LogP contribution < -0.4 is 10.6 Å². The van der Waals surface area contributed by atoms with E-state index in [2.05, 4.69) is 41.5 Å². The van der Waals surface area contributed by atoms with E-state index in [4.69, 9.17) is 23.8 Å². The van der Waals surface area contributed by atoms with Crippen LogP contribution in [-0.4, -0.2) is 20.1 Å². The summed E-state index contributed by atoms with van der Waals surface area (Å²) in [5.41, 5.74) is 4.02. The molecule has 148 valence electrons. The third kappa shape index (κ3) is 4.99. The van der Waals surface area contributed by atoms with Gasteiger partial charge in [0.2, 0.25) is 5.95 Å². The molecule has 4 aromatic rings.